The van der Waals surface area contributed by atoms with E-state index in [1.165, 1.54) is 0 Å². The fraction of sp³-hybridized carbons (Fsp3) is 0.692. The van der Waals surface area contributed by atoms with E-state index in [0.29, 0.717) is 18.5 Å². The van der Waals surface area contributed by atoms with Crippen LogP contribution in [0, 0.1) is 0 Å². The van der Waals surface area contributed by atoms with E-state index in [4.69, 9.17) is 4.74 Å². The zero-order valence-electron chi connectivity index (χ0n) is 11.1. The van der Waals surface area contributed by atoms with Gasteiger partial charge in [0.25, 0.3) is 0 Å². The molecule has 0 aliphatic carbocycles. The van der Waals surface area contributed by atoms with Crippen molar-refractivity contribution in [2.45, 2.75) is 46.1 Å². The Morgan fingerprint density at radius 1 is 1.29 bits per heavy atom. The second-order valence-corrected chi connectivity index (χ2v) is 4.26. The molecule has 0 aliphatic rings. The van der Waals surface area contributed by atoms with Crippen molar-refractivity contribution in [2.75, 3.05) is 13.2 Å². The van der Waals surface area contributed by atoms with Gasteiger partial charge in [-0.25, -0.2) is 4.98 Å². The average molecular weight is 237 g/mol. The van der Waals surface area contributed by atoms with Crippen LogP contribution in [0.15, 0.2) is 12.4 Å². The Bertz CT molecular complexity index is 317. The van der Waals surface area contributed by atoms with Crippen LogP contribution in [0.3, 0.4) is 0 Å². The normalized spacial score (nSPS) is 12.4. The summed E-state index contributed by atoms with van der Waals surface area (Å²) in [6.07, 6.45) is 6.50. The lowest BCUT2D eigenvalue weighted by atomic mass is 10.2. The van der Waals surface area contributed by atoms with Gasteiger partial charge in [-0.05, 0) is 26.3 Å². The summed E-state index contributed by atoms with van der Waals surface area (Å²) < 4.78 is 5.46. The second-order valence-electron chi connectivity index (χ2n) is 4.26. The minimum Gasteiger partial charge on any atom is -0.477 e. The highest BCUT2D eigenvalue weighted by molar-refractivity contribution is 5.09. The summed E-state index contributed by atoms with van der Waals surface area (Å²) in [5.74, 6) is 0.632. The van der Waals surface area contributed by atoms with Gasteiger partial charge in [-0.3, -0.25) is 4.98 Å². The molecule has 0 saturated heterocycles. The Kier molecular flexibility index (Phi) is 6.55. The van der Waals surface area contributed by atoms with E-state index < -0.39 is 0 Å². The van der Waals surface area contributed by atoms with Crippen molar-refractivity contribution in [3.8, 4) is 5.88 Å². The molecule has 4 nitrogen and oxygen atoms in total. The maximum Gasteiger partial charge on any atom is 0.232 e. The molecule has 0 amide bonds. The fourth-order valence-corrected chi connectivity index (χ4v) is 1.54. The van der Waals surface area contributed by atoms with E-state index in [2.05, 4.69) is 36.1 Å². The zero-order chi connectivity index (χ0) is 12.5. The molecule has 0 fully saturated rings. The van der Waals surface area contributed by atoms with Gasteiger partial charge in [0.1, 0.15) is 0 Å². The molecule has 1 rings (SSSR count). The highest BCUT2D eigenvalue weighted by atomic mass is 16.5. The fourth-order valence-electron chi connectivity index (χ4n) is 1.54. The summed E-state index contributed by atoms with van der Waals surface area (Å²) in [6.45, 7) is 8.14. The van der Waals surface area contributed by atoms with Crippen LogP contribution in [-0.2, 0) is 6.42 Å². The van der Waals surface area contributed by atoms with Gasteiger partial charge in [0.15, 0.2) is 0 Å². The molecule has 1 heterocycles. The Morgan fingerprint density at radius 2 is 2.12 bits per heavy atom. The predicted octanol–water partition coefficient (Wildman–Crippen LogP) is 2.20. The maximum atomic E-state index is 5.46. The first-order chi connectivity index (χ1) is 8.26. The number of ether oxygens (including phenoxy) is 1. The molecule has 1 aromatic rings. The molecule has 1 N–H and O–H groups in total. The molecule has 1 aromatic heterocycles. The molecule has 4 heteroatoms. The maximum absolute atomic E-state index is 5.46. The van der Waals surface area contributed by atoms with Crippen LogP contribution in [0.4, 0.5) is 0 Å². The van der Waals surface area contributed by atoms with Crippen molar-refractivity contribution in [3.63, 3.8) is 0 Å². The van der Waals surface area contributed by atoms with Crippen molar-refractivity contribution in [2.24, 2.45) is 0 Å². The van der Waals surface area contributed by atoms with Gasteiger partial charge in [0, 0.05) is 18.7 Å². The highest BCUT2D eigenvalue weighted by Gasteiger charge is 2.05. The third-order valence-electron chi connectivity index (χ3n) is 2.37. The number of nitrogens with zero attached hydrogens (tertiary/aromatic N) is 2. The molecule has 1 unspecified atom stereocenters. The molecule has 0 bridgehead atoms. The summed E-state index contributed by atoms with van der Waals surface area (Å²) in [5.41, 5.74) is 0.981. The first-order valence-corrected chi connectivity index (χ1v) is 6.43. The van der Waals surface area contributed by atoms with Crippen molar-refractivity contribution >= 4 is 0 Å². The van der Waals surface area contributed by atoms with E-state index in [1.807, 2.05) is 6.20 Å². The van der Waals surface area contributed by atoms with E-state index in [9.17, 15) is 0 Å². The number of aromatic nitrogens is 2. The summed E-state index contributed by atoms with van der Waals surface area (Å²) in [4.78, 5) is 8.59. The lowest BCUT2D eigenvalue weighted by molar-refractivity contribution is 0.302. The number of hydrogen-bond acceptors (Lipinski definition) is 4. The topological polar surface area (TPSA) is 47.0 Å². The Balaban J connectivity index is 2.47. The van der Waals surface area contributed by atoms with Gasteiger partial charge in [-0.1, -0.05) is 13.8 Å². The molecule has 0 radical (unpaired) electrons. The minimum absolute atomic E-state index is 0.422. The quantitative estimate of drug-likeness (QED) is 0.753. The van der Waals surface area contributed by atoms with Crippen LogP contribution in [-0.4, -0.2) is 29.2 Å². The molecule has 1 atom stereocenters. The van der Waals surface area contributed by atoms with Gasteiger partial charge in [0.05, 0.1) is 18.5 Å². The van der Waals surface area contributed by atoms with Crippen LogP contribution in [0.1, 0.15) is 39.3 Å². The first kappa shape index (κ1) is 13.9. The number of hydrogen-bond donors (Lipinski definition) is 1. The van der Waals surface area contributed by atoms with E-state index in [-0.39, 0.29) is 0 Å². The Hall–Kier alpha value is -1.16. The van der Waals surface area contributed by atoms with Crippen LogP contribution in [0.25, 0.3) is 0 Å². The molecular formula is C13H23N3O. The van der Waals surface area contributed by atoms with Gasteiger partial charge >= 0.3 is 0 Å². The predicted molar refractivity (Wildman–Crippen MR) is 69.3 cm³/mol. The largest absolute Gasteiger partial charge is 0.477 e. The van der Waals surface area contributed by atoms with Crippen molar-refractivity contribution in [3.05, 3.63) is 18.1 Å². The third-order valence-corrected chi connectivity index (χ3v) is 2.37. The summed E-state index contributed by atoms with van der Waals surface area (Å²) >= 11 is 0. The van der Waals surface area contributed by atoms with Crippen molar-refractivity contribution in [1.82, 2.24) is 15.3 Å². The first-order valence-electron chi connectivity index (χ1n) is 6.43. The average Bonchev–Trinajstić information content (AvgIpc) is 2.34. The summed E-state index contributed by atoms with van der Waals surface area (Å²) in [5, 5.41) is 3.43. The molecule has 0 spiro atoms. The van der Waals surface area contributed by atoms with Crippen molar-refractivity contribution < 1.29 is 4.74 Å². The molecule has 96 valence electrons. The highest BCUT2D eigenvalue weighted by Crippen LogP contribution is 2.07. The van der Waals surface area contributed by atoms with Gasteiger partial charge in [0.2, 0.25) is 5.88 Å². The number of nitrogens with one attached hydrogen (secondary N) is 1. The monoisotopic (exact) mass is 237 g/mol. The zero-order valence-corrected chi connectivity index (χ0v) is 11.1. The van der Waals surface area contributed by atoms with Crippen molar-refractivity contribution in [1.29, 1.82) is 0 Å². The Labute approximate surface area is 104 Å². The number of rotatable bonds is 8. The van der Waals surface area contributed by atoms with Crippen LogP contribution >= 0.6 is 0 Å². The van der Waals surface area contributed by atoms with Crippen LogP contribution in [0.2, 0.25) is 0 Å². The molecule has 0 aliphatic heterocycles. The van der Waals surface area contributed by atoms with E-state index >= 15 is 0 Å². The van der Waals surface area contributed by atoms with Gasteiger partial charge < -0.3 is 10.1 Å². The molecule has 0 saturated carbocycles. The SMILES string of the molecule is CCCNC(C)Cc1cncc(OCCC)n1. The van der Waals surface area contributed by atoms with Gasteiger partial charge in [-0.2, -0.15) is 0 Å². The minimum atomic E-state index is 0.422. The summed E-state index contributed by atoms with van der Waals surface area (Å²) in [7, 11) is 0. The van der Waals surface area contributed by atoms with Gasteiger partial charge in [-0.15, -0.1) is 0 Å². The van der Waals surface area contributed by atoms with Crippen LogP contribution in [0.5, 0.6) is 5.88 Å². The third kappa shape index (κ3) is 5.63. The Morgan fingerprint density at radius 3 is 2.82 bits per heavy atom. The summed E-state index contributed by atoms with van der Waals surface area (Å²) in [6, 6.07) is 0.422. The smallest absolute Gasteiger partial charge is 0.232 e. The lowest BCUT2D eigenvalue weighted by Crippen LogP contribution is -2.29. The second kappa shape index (κ2) is 8.01. The van der Waals surface area contributed by atoms with E-state index in [1.54, 1.807) is 6.20 Å². The van der Waals surface area contributed by atoms with Crippen LogP contribution < -0.4 is 10.1 Å². The molecule has 0 aromatic carbocycles. The standard InChI is InChI=1S/C13H23N3O/c1-4-6-15-11(3)8-12-9-14-10-13(16-12)17-7-5-2/h9-11,15H,4-8H2,1-3H3. The molecular weight excluding hydrogens is 214 g/mol. The lowest BCUT2D eigenvalue weighted by Gasteiger charge is -2.12. The molecule has 17 heavy (non-hydrogen) atoms. The van der Waals surface area contributed by atoms with E-state index in [0.717, 1.165) is 31.5 Å².